The minimum absolute atomic E-state index is 0.157. The Morgan fingerprint density at radius 1 is 1.10 bits per heavy atom. The minimum Gasteiger partial charge on any atom is -0.480 e. The van der Waals surface area contributed by atoms with Gasteiger partial charge < -0.3 is 5.11 Å². The highest BCUT2D eigenvalue weighted by Gasteiger charge is 2.22. The van der Waals surface area contributed by atoms with E-state index in [0.717, 1.165) is 10.1 Å². The lowest BCUT2D eigenvalue weighted by Crippen LogP contribution is -2.31. The number of carboxylic acid groups (broad SMARTS) is 1. The first-order chi connectivity index (χ1) is 14.5. The third kappa shape index (κ3) is 3.96. The van der Waals surface area contributed by atoms with E-state index in [1.807, 2.05) is 30.3 Å². The molecular weight excluding hydrogens is 408 g/mol. The predicted molar refractivity (Wildman–Crippen MR) is 108 cm³/mol. The van der Waals surface area contributed by atoms with Gasteiger partial charge in [0.05, 0.1) is 17.7 Å². The van der Waals surface area contributed by atoms with Crippen LogP contribution < -0.4 is 5.56 Å². The lowest BCUT2D eigenvalue weighted by molar-refractivity contribution is -0.141. The maximum absolute atomic E-state index is 12.8. The largest absolute Gasteiger partial charge is 0.480 e. The molecule has 0 saturated carbocycles. The normalized spacial score (nSPS) is 11.9. The van der Waals surface area contributed by atoms with E-state index in [4.69, 9.17) is 11.6 Å². The van der Waals surface area contributed by atoms with E-state index in [1.54, 1.807) is 18.2 Å². The molecule has 10 heteroatoms. The van der Waals surface area contributed by atoms with Gasteiger partial charge in [-0.3, -0.25) is 9.36 Å². The Bertz CT molecular complexity index is 1240. The third-order valence-corrected chi connectivity index (χ3v) is 4.79. The maximum Gasteiger partial charge on any atom is 0.327 e. The lowest BCUT2D eigenvalue weighted by Gasteiger charge is -2.16. The van der Waals surface area contributed by atoms with Gasteiger partial charge in [0, 0.05) is 23.1 Å². The van der Waals surface area contributed by atoms with Crippen LogP contribution in [0.25, 0.3) is 16.9 Å². The van der Waals surface area contributed by atoms with Crippen LogP contribution in [0, 0.1) is 0 Å². The molecule has 0 fully saturated rings. The van der Waals surface area contributed by atoms with Gasteiger partial charge in [-0.05, 0) is 34.2 Å². The lowest BCUT2D eigenvalue weighted by atomic mass is 10.1. The molecule has 2 aromatic carbocycles. The van der Waals surface area contributed by atoms with Crippen LogP contribution in [0.3, 0.4) is 0 Å². The molecule has 1 atom stereocenters. The molecule has 4 rings (SSSR count). The summed E-state index contributed by atoms with van der Waals surface area (Å²) in [4.78, 5) is 29.0. The molecule has 2 aromatic heterocycles. The Kier molecular flexibility index (Phi) is 5.36. The Labute approximate surface area is 175 Å². The Morgan fingerprint density at radius 2 is 1.90 bits per heavy atom. The van der Waals surface area contributed by atoms with Gasteiger partial charge >= 0.3 is 5.97 Å². The average Bonchev–Trinajstić information content (AvgIpc) is 3.27. The highest BCUT2D eigenvalue weighted by Crippen LogP contribution is 2.27. The van der Waals surface area contributed by atoms with Gasteiger partial charge in [0.2, 0.25) is 0 Å². The van der Waals surface area contributed by atoms with E-state index in [1.165, 1.54) is 23.4 Å². The third-order valence-electron chi connectivity index (χ3n) is 4.56. The average molecular weight is 423 g/mol. The zero-order valence-corrected chi connectivity index (χ0v) is 16.2. The highest BCUT2D eigenvalue weighted by atomic mass is 35.5. The fourth-order valence-electron chi connectivity index (χ4n) is 3.12. The molecule has 4 aromatic rings. The summed E-state index contributed by atoms with van der Waals surface area (Å²) in [7, 11) is 0. The van der Waals surface area contributed by atoms with Crippen molar-refractivity contribution in [3.63, 3.8) is 0 Å². The number of aromatic nitrogens is 6. The molecule has 0 amide bonds. The number of tetrazole rings is 1. The monoisotopic (exact) mass is 422 g/mol. The van der Waals surface area contributed by atoms with Crippen LogP contribution >= 0.6 is 11.6 Å². The van der Waals surface area contributed by atoms with Gasteiger partial charge in [0.15, 0.2) is 0 Å². The zero-order chi connectivity index (χ0) is 21.1. The van der Waals surface area contributed by atoms with Crippen LogP contribution in [0.15, 0.2) is 72.0 Å². The van der Waals surface area contributed by atoms with Crippen molar-refractivity contribution in [1.82, 2.24) is 29.8 Å². The quantitative estimate of drug-likeness (QED) is 0.507. The van der Waals surface area contributed by atoms with E-state index in [2.05, 4.69) is 20.5 Å². The number of carboxylic acids is 1. The van der Waals surface area contributed by atoms with Gasteiger partial charge in [-0.25, -0.2) is 9.78 Å². The second kappa shape index (κ2) is 8.26. The molecule has 0 aliphatic heterocycles. The fraction of sp³-hybridized carbons (Fsp3) is 0.100. The van der Waals surface area contributed by atoms with Crippen LogP contribution in [0.4, 0.5) is 0 Å². The summed E-state index contributed by atoms with van der Waals surface area (Å²) < 4.78 is 2.54. The Hall–Kier alpha value is -3.85. The van der Waals surface area contributed by atoms with E-state index in [9.17, 15) is 14.7 Å². The second-order valence-corrected chi connectivity index (χ2v) is 6.92. The summed E-state index contributed by atoms with van der Waals surface area (Å²) in [5.41, 5.74) is 1.75. The molecule has 30 heavy (non-hydrogen) atoms. The van der Waals surface area contributed by atoms with Gasteiger partial charge in [-0.1, -0.05) is 41.9 Å². The van der Waals surface area contributed by atoms with Crippen LogP contribution in [0.5, 0.6) is 0 Å². The number of carbonyl (C=O) groups is 1. The van der Waals surface area contributed by atoms with Crippen molar-refractivity contribution in [2.45, 2.75) is 12.5 Å². The van der Waals surface area contributed by atoms with E-state index >= 15 is 0 Å². The van der Waals surface area contributed by atoms with Crippen LogP contribution in [0.2, 0.25) is 5.02 Å². The molecule has 1 unspecified atom stereocenters. The predicted octanol–water partition coefficient (Wildman–Crippen LogP) is 2.41. The molecule has 0 radical (unpaired) electrons. The second-order valence-electron chi connectivity index (χ2n) is 6.48. The number of hydrogen-bond donors (Lipinski definition) is 1. The van der Waals surface area contributed by atoms with Crippen molar-refractivity contribution in [2.75, 3.05) is 0 Å². The van der Waals surface area contributed by atoms with Crippen LogP contribution in [-0.4, -0.2) is 40.8 Å². The van der Waals surface area contributed by atoms with Crippen molar-refractivity contribution < 1.29 is 9.90 Å². The summed E-state index contributed by atoms with van der Waals surface area (Å²) in [6, 6.07) is 14.3. The summed E-state index contributed by atoms with van der Waals surface area (Å²) in [5, 5.41) is 21.2. The summed E-state index contributed by atoms with van der Waals surface area (Å²) in [5.74, 6) is -1.12. The standard InChI is InChI=1S/C20H15ClN6O3/c21-14-6-7-17(27-12-23-24-25-27)15(9-14)16-10-19(28)26(11-22-16)18(20(29)30)8-13-4-2-1-3-5-13/h1-7,9-12,18H,8H2,(H,29,30). The van der Waals surface area contributed by atoms with Crippen molar-refractivity contribution >= 4 is 17.6 Å². The molecule has 0 aliphatic carbocycles. The zero-order valence-electron chi connectivity index (χ0n) is 15.5. The van der Waals surface area contributed by atoms with Crippen molar-refractivity contribution in [3.8, 4) is 16.9 Å². The van der Waals surface area contributed by atoms with Gasteiger partial charge in [0.25, 0.3) is 5.56 Å². The molecule has 0 aliphatic rings. The maximum atomic E-state index is 12.8. The minimum atomic E-state index is -1.12. The van der Waals surface area contributed by atoms with E-state index in [-0.39, 0.29) is 6.42 Å². The number of aliphatic carboxylic acids is 1. The molecule has 1 N–H and O–H groups in total. The van der Waals surface area contributed by atoms with Gasteiger partial charge in [-0.15, -0.1) is 5.10 Å². The molecule has 0 spiro atoms. The van der Waals surface area contributed by atoms with Crippen molar-refractivity contribution in [3.05, 3.63) is 88.2 Å². The van der Waals surface area contributed by atoms with Crippen molar-refractivity contribution in [1.29, 1.82) is 0 Å². The number of benzene rings is 2. The first-order valence-electron chi connectivity index (χ1n) is 8.91. The van der Waals surface area contributed by atoms with Gasteiger partial charge in [-0.2, -0.15) is 4.68 Å². The van der Waals surface area contributed by atoms with E-state index < -0.39 is 17.6 Å². The molecule has 2 heterocycles. The molecule has 150 valence electrons. The molecular formula is C20H15ClN6O3. The summed E-state index contributed by atoms with van der Waals surface area (Å²) >= 11 is 6.13. The first kappa shape index (κ1) is 19.5. The summed E-state index contributed by atoms with van der Waals surface area (Å²) in [6.45, 7) is 0. The smallest absolute Gasteiger partial charge is 0.327 e. The van der Waals surface area contributed by atoms with Gasteiger partial charge in [0.1, 0.15) is 12.4 Å². The fourth-order valence-corrected chi connectivity index (χ4v) is 3.29. The topological polar surface area (TPSA) is 116 Å². The van der Waals surface area contributed by atoms with Crippen LogP contribution in [0.1, 0.15) is 11.6 Å². The van der Waals surface area contributed by atoms with Crippen molar-refractivity contribution in [2.24, 2.45) is 0 Å². The number of halogens is 1. The Balaban J connectivity index is 1.75. The number of rotatable bonds is 6. The van der Waals surface area contributed by atoms with E-state index in [0.29, 0.717) is 22.0 Å². The molecule has 0 saturated heterocycles. The van der Waals surface area contributed by atoms with Crippen LogP contribution in [-0.2, 0) is 11.2 Å². The highest BCUT2D eigenvalue weighted by molar-refractivity contribution is 6.31. The summed E-state index contributed by atoms with van der Waals surface area (Å²) in [6.07, 6.45) is 2.81. The molecule has 0 bridgehead atoms. The SMILES string of the molecule is O=C(O)C(Cc1ccccc1)n1cnc(-c2cc(Cl)ccc2-n2cnnn2)cc1=O. The Morgan fingerprint density at radius 3 is 2.57 bits per heavy atom. The number of hydrogen-bond acceptors (Lipinski definition) is 6. The first-order valence-corrected chi connectivity index (χ1v) is 9.29. The number of nitrogens with zero attached hydrogens (tertiary/aromatic N) is 6. The molecule has 9 nitrogen and oxygen atoms in total.